The molecule has 1 heterocycles. The van der Waals surface area contributed by atoms with Crippen LogP contribution in [0.25, 0.3) is 0 Å². The van der Waals surface area contributed by atoms with Gasteiger partial charge in [0.25, 0.3) is 5.91 Å². The number of hydrogen-bond acceptors (Lipinski definition) is 6. The van der Waals surface area contributed by atoms with E-state index in [-0.39, 0.29) is 17.4 Å². The highest BCUT2D eigenvalue weighted by Crippen LogP contribution is 2.10. The maximum atomic E-state index is 11.6. The van der Waals surface area contributed by atoms with Crippen molar-refractivity contribution in [1.82, 2.24) is 15.6 Å². The minimum absolute atomic E-state index is 0.171. The standard InChI is InChI=1S/C9H14N4O4/c1-3-4(2)5(9(15)16)11-8(14)6-7(10)13-17-12-6/h4-5H,3H2,1-2H3,(H2,10,13)(H,11,14)(H,15,16)/t4-,5-/m0/s1. The zero-order valence-electron chi connectivity index (χ0n) is 9.51. The summed E-state index contributed by atoms with van der Waals surface area (Å²) < 4.78 is 4.26. The van der Waals surface area contributed by atoms with Gasteiger partial charge in [-0.05, 0) is 16.2 Å². The maximum Gasteiger partial charge on any atom is 0.326 e. The van der Waals surface area contributed by atoms with Gasteiger partial charge in [0.1, 0.15) is 6.04 Å². The smallest absolute Gasteiger partial charge is 0.326 e. The van der Waals surface area contributed by atoms with Crippen LogP contribution in [0.1, 0.15) is 30.8 Å². The number of nitrogens with one attached hydrogen (secondary N) is 1. The van der Waals surface area contributed by atoms with E-state index in [0.29, 0.717) is 6.42 Å². The number of nitrogens with zero attached hydrogens (tertiary/aromatic N) is 2. The summed E-state index contributed by atoms with van der Waals surface area (Å²) in [7, 11) is 0. The van der Waals surface area contributed by atoms with Gasteiger partial charge in [0.05, 0.1) is 0 Å². The van der Waals surface area contributed by atoms with Crippen LogP contribution in [-0.4, -0.2) is 33.3 Å². The van der Waals surface area contributed by atoms with Gasteiger partial charge in [-0.25, -0.2) is 9.42 Å². The fraction of sp³-hybridized carbons (Fsp3) is 0.556. The van der Waals surface area contributed by atoms with Crippen molar-refractivity contribution in [2.45, 2.75) is 26.3 Å². The number of aromatic nitrogens is 2. The molecule has 1 rings (SSSR count). The first-order valence-electron chi connectivity index (χ1n) is 5.09. The number of hydrogen-bond donors (Lipinski definition) is 3. The summed E-state index contributed by atoms with van der Waals surface area (Å²) in [5, 5.41) is 17.8. The van der Waals surface area contributed by atoms with Gasteiger partial charge in [-0.15, -0.1) is 0 Å². The number of aliphatic carboxylic acids is 1. The molecule has 1 aromatic rings. The van der Waals surface area contributed by atoms with Gasteiger partial charge in [0, 0.05) is 0 Å². The van der Waals surface area contributed by atoms with E-state index in [1.807, 2.05) is 6.92 Å². The molecule has 94 valence electrons. The predicted octanol–water partition coefficient (Wildman–Crippen LogP) is -0.119. The van der Waals surface area contributed by atoms with Crippen LogP contribution in [0.2, 0.25) is 0 Å². The Hall–Kier alpha value is -2.12. The largest absolute Gasteiger partial charge is 0.480 e. The molecule has 1 amide bonds. The Morgan fingerprint density at radius 1 is 1.53 bits per heavy atom. The van der Waals surface area contributed by atoms with Crippen LogP contribution in [0.5, 0.6) is 0 Å². The average Bonchev–Trinajstić information content (AvgIpc) is 2.70. The topological polar surface area (TPSA) is 131 Å². The number of carboxylic acid groups (broad SMARTS) is 1. The highest BCUT2D eigenvalue weighted by atomic mass is 16.6. The van der Waals surface area contributed by atoms with Crippen LogP contribution < -0.4 is 11.1 Å². The van der Waals surface area contributed by atoms with Crippen molar-refractivity contribution in [2.24, 2.45) is 5.92 Å². The maximum absolute atomic E-state index is 11.6. The van der Waals surface area contributed by atoms with Crippen LogP contribution in [0.4, 0.5) is 5.82 Å². The average molecular weight is 242 g/mol. The van der Waals surface area contributed by atoms with Gasteiger partial charge in [-0.3, -0.25) is 4.79 Å². The van der Waals surface area contributed by atoms with E-state index in [1.165, 1.54) is 0 Å². The van der Waals surface area contributed by atoms with E-state index in [0.717, 1.165) is 0 Å². The van der Waals surface area contributed by atoms with Crippen LogP contribution >= 0.6 is 0 Å². The Morgan fingerprint density at radius 3 is 2.59 bits per heavy atom. The molecule has 0 unspecified atom stereocenters. The van der Waals surface area contributed by atoms with E-state index in [2.05, 4.69) is 20.3 Å². The number of nitrogen functional groups attached to an aromatic ring is 1. The summed E-state index contributed by atoms with van der Waals surface area (Å²) in [4.78, 5) is 22.6. The molecule has 0 aliphatic heterocycles. The third-order valence-electron chi connectivity index (χ3n) is 2.49. The van der Waals surface area contributed by atoms with Crippen molar-refractivity contribution in [3.8, 4) is 0 Å². The Labute approximate surface area is 97.1 Å². The van der Waals surface area contributed by atoms with E-state index in [9.17, 15) is 9.59 Å². The van der Waals surface area contributed by atoms with Gasteiger partial charge in [0.2, 0.25) is 11.5 Å². The van der Waals surface area contributed by atoms with Crippen molar-refractivity contribution in [1.29, 1.82) is 0 Å². The van der Waals surface area contributed by atoms with E-state index >= 15 is 0 Å². The third kappa shape index (κ3) is 2.92. The molecule has 0 radical (unpaired) electrons. The van der Waals surface area contributed by atoms with Crippen LogP contribution in [0.3, 0.4) is 0 Å². The monoisotopic (exact) mass is 242 g/mol. The second-order valence-corrected chi connectivity index (χ2v) is 3.67. The minimum Gasteiger partial charge on any atom is -0.480 e. The quantitative estimate of drug-likeness (QED) is 0.655. The van der Waals surface area contributed by atoms with Crippen LogP contribution in [0.15, 0.2) is 4.63 Å². The summed E-state index contributed by atoms with van der Waals surface area (Å²) in [6.45, 7) is 3.56. The molecule has 0 aliphatic rings. The first kappa shape index (κ1) is 12.9. The van der Waals surface area contributed by atoms with Crippen molar-refractivity contribution < 1.29 is 19.3 Å². The first-order valence-corrected chi connectivity index (χ1v) is 5.09. The molecule has 2 atom stereocenters. The number of amides is 1. The summed E-state index contributed by atoms with van der Waals surface area (Å²) >= 11 is 0. The molecule has 17 heavy (non-hydrogen) atoms. The zero-order chi connectivity index (χ0) is 13.0. The number of carbonyl (C=O) groups excluding carboxylic acids is 1. The SMILES string of the molecule is CC[C@H](C)[C@H](NC(=O)c1nonc1N)C(=O)O. The van der Waals surface area contributed by atoms with E-state index in [1.54, 1.807) is 6.92 Å². The third-order valence-corrected chi connectivity index (χ3v) is 2.49. The summed E-state index contributed by atoms with van der Waals surface area (Å²) in [6.07, 6.45) is 0.615. The molecular weight excluding hydrogens is 228 g/mol. The molecule has 0 saturated heterocycles. The van der Waals surface area contributed by atoms with E-state index < -0.39 is 17.9 Å². The van der Waals surface area contributed by atoms with Crippen molar-refractivity contribution in [2.75, 3.05) is 5.73 Å². The second kappa shape index (κ2) is 5.28. The summed E-state index contributed by atoms with van der Waals surface area (Å²) in [5.74, 6) is -2.20. The number of nitrogens with two attached hydrogens (primary N) is 1. The second-order valence-electron chi connectivity index (χ2n) is 3.67. The lowest BCUT2D eigenvalue weighted by atomic mass is 9.99. The molecule has 8 heteroatoms. The van der Waals surface area contributed by atoms with Crippen molar-refractivity contribution >= 4 is 17.7 Å². The van der Waals surface area contributed by atoms with Crippen LogP contribution in [-0.2, 0) is 4.79 Å². The van der Waals surface area contributed by atoms with Gasteiger partial charge < -0.3 is 16.2 Å². The first-order chi connectivity index (χ1) is 7.97. The Bertz CT molecular complexity index is 417. The van der Waals surface area contributed by atoms with Gasteiger partial charge in [0.15, 0.2) is 0 Å². The summed E-state index contributed by atoms with van der Waals surface area (Å²) in [6, 6.07) is -0.997. The normalized spacial score (nSPS) is 14.0. The molecule has 0 aliphatic carbocycles. The molecule has 0 aromatic carbocycles. The zero-order valence-corrected chi connectivity index (χ0v) is 9.51. The highest BCUT2D eigenvalue weighted by Gasteiger charge is 2.27. The number of carbonyl (C=O) groups is 2. The molecule has 0 bridgehead atoms. The number of anilines is 1. The number of rotatable bonds is 5. The highest BCUT2D eigenvalue weighted by molar-refractivity contribution is 5.98. The molecule has 0 spiro atoms. The molecule has 1 aromatic heterocycles. The van der Waals surface area contributed by atoms with Crippen molar-refractivity contribution in [3.05, 3.63) is 5.69 Å². The molecule has 0 fully saturated rings. The minimum atomic E-state index is -1.11. The Balaban J connectivity index is 2.78. The van der Waals surface area contributed by atoms with Crippen molar-refractivity contribution in [3.63, 3.8) is 0 Å². The van der Waals surface area contributed by atoms with Gasteiger partial charge in [-0.2, -0.15) is 0 Å². The molecule has 0 saturated carbocycles. The molecular formula is C9H14N4O4. The fourth-order valence-electron chi connectivity index (χ4n) is 1.25. The lowest BCUT2D eigenvalue weighted by molar-refractivity contribution is -0.140. The predicted molar refractivity (Wildman–Crippen MR) is 57.1 cm³/mol. The number of carboxylic acids is 1. The lowest BCUT2D eigenvalue weighted by Gasteiger charge is -2.19. The Kier molecular flexibility index (Phi) is 4.02. The van der Waals surface area contributed by atoms with Crippen LogP contribution in [0, 0.1) is 5.92 Å². The fourth-order valence-corrected chi connectivity index (χ4v) is 1.25. The lowest BCUT2D eigenvalue weighted by Crippen LogP contribution is -2.45. The Morgan fingerprint density at radius 2 is 2.18 bits per heavy atom. The summed E-state index contributed by atoms with van der Waals surface area (Å²) in [5.41, 5.74) is 5.12. The molecule has 8 nitrogen and oxygen atoms in total. The van der Waals surface area contributed by atoms with E-state index in [4.69, 9.17) is 10.8 Å². The van der Waals surface area contributed by atoms with Gasteiger partial charge >= 0.3 is 5.97 Å². The van der Waals surface area contributed by atoms with Gasteiger partial charge in [-0.1, -0.05) is 20.3 Å². The molecule has 4 N–H and O–H groups in total.